The lowest BCUT2D eigenvalue weighted by Gasteiger charge is -2.09. The molecule has 0 aliphatic rings. The smallest absolute Gasteiger partial charge is 0.0954 e. The van der Waals surface area contributed by atoms with Gasteiger partial charge in [0.05, 0.1) is 27.0 Å². The van der Waals surface area contributed by atoms with Crippen LogP contribution in [0.4, 0.5) is 0 Å². The summed E-state index contributed by atoms with van der Waals surface area (Å²) in [7, 11) is 1.90. The first-order valence-electron chi connectivity index (χ1n) is 5.74. The van der Waals surface area contributed by atoms with E-state index in [-0.39, 0.29) is 0 Å². The first-order chi connectivity index (χ1) is 8.47. The Labute approximate surface area is 119 Å². The van der Waals surface area contributed by atoms with Crippen molar-refractivity contribution in [3.63, 3.8) is 0 Å². The van der Waals surface area contributed by atoms with Gasteiger partial charge < -0.3 is 5.11 Å². The van der Waals surface area contributed by atoms with E-state index in [1.165, 1.54) is 0 Å². The molecular formula is C12H16BrN3OS. The van der Waals surface area contributed by atoms with E-state index in [0.717, 1.165) is 26.6 Å². The van der Waals surface area contributed by atoms with Crippen molar-refractivity contribution in [2.24, 2.45) is 7.05 Å². The minimum atomic E-state index is -0.429. The van der Waals surface area contributed by atoms with E-state index in [0.29, 0.717) is 12.8 Å². The fourth-order valence-electron chi connectivity index (χ4n) is 1.90. The van der Waals surface area contributed by atoms with Crippen molar-refractivity contribution in [2.45, 2.75) is 32.8 Å². The number of aromatic nitrogens is 3. The van der Waals surface area contributed by atoms with Gasteiger partial charge in [0.25, 0.3) is 0 Å². The van der Waals surface area contributed by atoms with Gasteiger partial charge >= 0.3 is 0 Å². The highest BCUT2D eigenvalue weighted by Crippen LogP contribution is 2.22. The van der Waals surface area contributed by atoms with Gasteiger partial charge in [0.2, 0.25) is 0 Å². The van der Waals surface area contributed by atoms with E-state index < -0.39 is 6.10 Å². The van der Waals surface area contributed by atoms with E-state index in [1.54, 1.807) is 11.3 Å². The monoisotopic (exact) mass is 329 g/mol. The molecule has 1 unspecified atom stereocenters. The van der Waals surface area contributed by atoms with E-state index in [1.807, 2.05) is 31.0 Å². The van der Waals surface area contributed by atoms with Gasteiger partial charge in [-0.2, -0.15) is 5.10 Å². The summed E-state index contributed by atoms with van der Waals surface area (Å²) in [5, 5.41) is 17.4. The summed E-state index contributed by atoms with van der Waals surface area (Å²) in [5.41, 5.74) is 2.98. The van der Waals surface area contributed by atoms with Crippen LogP contribution in [-0.2, 0) is 19.9 Å². The summed E-state index contributed by atoms with van der Waals surface area (Å²) < 4.78 is 2.80. The Bertz CT molecular complexity index is 550. The molecule has 1 atom stereocenters. The molecule has 98 valence electrons. The van der Waals surface area contributed by atoms with Crippen LogP contribution < -0.4 is 0 Å². The summed E-state index contributed by atoms with van der Waals surface area (Å²) in [6.45, 7) is 3.91. The third kappa shape index (κ3) is 2.99. The van der Waals surface area contributed by atoms with Gasteiger partial charge in [0.15, 0.2) is 0 Å². The fraction of sp³-hybridized carbons (Fsp3) is 0.500. The third-order valence-corrected chi connectivity index (χ3v) is 4.79. The molecule has 0 fully saturated rings. The number of halogens is 1. The Balaban J connectivity index is 2.05. The summed E-state index contributed by atoms with van der Waals surface area (Å²) in [6.07, 6.45) is 0.743. The second kappa shape index (κ2) is 5.50. The number of hydrogen-bond acceptors (Lipinski definition) is 4. The maximum absolute atomic E-state index is 10.1. The topological polar surface area (TPSA) is 50.9 Å². The fourth-order valence-corrected chi connectivity index (χ4v) is 3.24. The lowest BCUT2D eigenvalue weighted by atomic mass is 10.1. The highest BCUT2D eigenvalue weighted by molar-refractivity contribution is 9.10. The SMILES string of the molecule is Cc1csc(CC(O)Cc2c(Br)c(C)nn2C)n1. The largest absolute Gasteiger partial charge is 0.392 e. The molecular weight excluding hydrogens is 314 g/mol. The zero-order valence-electron chi connectivity index (χ0n) is 10.6. The minimum Gasteiger partial charge on any atom is -0.392 e. The Kier molecular flexibility index (Phi) is 4.19. The zero-order valence-corrected chi connectivity index (χ0v) is 13.0. The molecule has 18 heavy (non-hydrogen) atoms. The maximum Gasteiger partial charge on any atom is 0.0954 e. The van der Waals surface area contributed by atoms with Crippen molar-refractivity contribution in [1.29, 1.82) is 0 Å². The Morgan fingerprint density at radius 3 is 2.67 bits per heavy atom. The summed E-state index contributed by atoms with van der Waals surface area (Å²) >= 11 is 5.11. The molecule has 2 heterocycles. The van der Waals surface area contributed by atoms with Crippen LogP contribution in [0.1, 0.15) is 22.1 Å². The van der Waals surface area contributed by atoms with Crippen molar-refractivity contribution in [1.82, 2.24) is 14.8 Å². The molecule has 6 heteroatoms. The predicted molar refractivity (Wildman–Crippen MR) is 75.9 cm³/mol. The molecule has 2 rings (SSSR count). The van der Waals surface area contributed by atoms with Gasteiger partial charge in [0.1, 0.15) is 0 Å². The summed E-state index contributed by atoms with van der Waals surface area (Å²) in [5.74, 6) is 0. The number of aliphatic hydroxyl groups excluding tert-OH is 1. The molecule has 0 bridgehead atoms. The molecule has 0 aliphatic heterocycles. The first kappa shape index (κ1) is 13.7. The molecule has 0 aliphatic carbocycles. The summed E-state index contributed by atoms with van der Waals surface area (Å²) in [4.78, 5) is 4.37. The highest BCUT2D eigenvalue weighted by Gasteiger charge is 2.16. The van der Waals surface area contributed by atoms with Crippen LogP contribution in [0.2, 0.25) is 0 Å². The quantitative estimate of drug-likeness (QED) is 0.937. The number of thiazole rings is 1. The molecule has 0 saturated carbocycles. The van der Waals surface area contributed by atoms with Crippen molar-refractivity contribution in [3.05, 3.63) is 31.9 Å². The van der Waals surface area contributed by atoms with Crippen LogP contribution in [0.25, 0.3) is 0 Å². The minimum absolute atomic E-state index is 0.429. The third-order valence-electron chi connectivity index (χ3n) is 2.77. The van der Waals surface area contributed by atoms with Crippen LogP contribution in [-0.4, -0.2) is 26.0 Å². The van der Waals surface area contributed by atoms with Gasteiger partial charge in [-0.05, 0) is 29.8 Å². The summed E-state index contributed by atoms with van der Waals surface area (Å²) in [6, 6.07) is 0. The Morgan fingerprint density at radius 2 is 2.17 bits per heavy atom. The number of aliphatic hydroxyl groups is 1. The zero-order chi connectivity index (χ0) is 13.3. The lowest BCUT2D eigenvalue weighted by Crippen LogP contribution is -2.16. The molecule has 0 radical (unpaired) electrons. The molecule has 4 nitrogen and oxygen atoms in total. The standard InChI is InChI=1S/C12H16BrN3OS/c1-7-6-18-11(14-7)5-9(17)4-10-12(13)8(2)15-16(10)3/h6,9,17H,4-5H2,1-3H3. The van der Waals surface area contributed by atoms with Crippen molar-refractivity contribution in [3.8, 4) is 0 Å². The molecule has 0 aromatic carbocycles. The van der Waals surface area contributed by atoms with Crippen LogP contribution >= 0.6 is 27.3 Å². The van der Waals surface area contributed by atoms with Gasteiger partial charge in [-0.3, -0.25) is 4.68 Å². The number of hydrogen-bond donors (Lipinski definition) is 1. The first-order valence-corrected chi connectivity index (χ1v) is 7.41. The van der Waals surface area contributed by atoms with Gasteiger partial charge in [-0.15, -0.1) is 11.3 Å². The lowest BCUT2D eigenvalue weighted by molar-refractivity contribution is 0.172. The van der Waals surface area contributed by atoms with Crippen LogP contribution in [0, 0.1) is 13.8 Å². The maximum atomic E-state index is 10.1. The molecule has 1 N–H and O–H groups in total. The van der Waals surface area contributed by atoms with Gasteiger partial charge in [-0.25, -0.2) is 4.98 Å². The average molecular weight is 330 g/mol. The van der Waals surface area contributed by atoms with E-state index >= 15 is 0 Å². The molecule has 0 spiro atoms. The van der Waals surface area contributed by atoms with E-state index in [9.17, 15) is 5.11 Å². The normalized spacial score (nSPS) is 12.9. The van der Waals surface area contributed by atoms with Crippen molar-refractivity contribution >= 4 is 27.3 Å². The van der Waals surface area contributed by atoms with Crippen LogP contribution in [0.15, 0.2) is 9.85 Å². The number of nitrogens with zero attached hydrogens (tertiary/aromatic N) is 3. The second-order valence-electron chi connectivity index (χ2n) is 4.41. The Morgan fingerprint density at radius 1 is 1.44 bits per heavy atom. The average Bonchev–Trinajstić information content (AvgIpc) is 2.78. The van der Waals surface area contributed by atoms with E-state index in [4.69, 9.17) is 0 Å². The van der Waals surface area contributed by atoms with Crippen LogP contribution in [0.3, 0.4) is 0 Å². The number of aryl methyl sites for hydroxylation is 3. The van der Waals surface area contributed by atoms with E-state index in [2.05, 4.69) is 26.0 Å². The number of rotatable bonds is 4. The van der Waals surface area contributed by atoms with Crippen molar-refractivity contribution < 1.29 is 5.11 Å². The second-order valence-corrected chi connectivity index (χ2v) is 6.15. The van der Waals surface area contributed by atoms with Crippen LogP contribution in [0.5, 0.6) is 0 Å². The molecule has 0 amide bonds. The predicted octanol–water partition coefficient (Wildman–Crippen LogP) is 2.40. The molecule has 2 aromatic rings. The molecule has 0 saturated heterocycles. The van der Waals surface area contributed by atoms with Crippen molar-refractivity contribution in [2.75, 3.05) is 0 Å². The van der Waals surface area contributed by atoms with Gasteiger partial charge in [-0.1, -0.05) is 0 Å². The van der Waals surface area contributed by atoms with Gasteiger partial charge in [0, 0.05) is 31.0 Å². The molecule has 2 aromatic heterocycles. The highest BCUT2D eigenvalue weighted by atomic mass is 79.9. The Hall–Kier alpha value is -0.720.